The zero-order chi connectivity index (χ0) is 10.2. The largest absolute Gasteiger partial charge is 4.00 e. The molecule has 0 amide bonds. The Labute approximate surface area is 146 Å². The summed E-state index contributed by atoms with van der Waals surface area (Å²) in [5.41, 5.74) is 0. The van der Waals surface area contributed by atoms with E-state index in [1.54, 1.807) is 0 Å². The van der Waals surface area contributed by atoms with Crippen LogP contribution in [0.3, 0.4) is 0 Å². The first-order valence-electron chi connectivity index (χ1n) is 5.72. The molecule has 108 valence electrons. The van der Waals surface area contributed by atoms with Crippen LogP contribution in [0.25, 0.3) is 0 Å². The minimum absolute atomic E-state index is 0. The molecule has 7 heteroatoms. The second-order valence-electron chi connectivity index (χ2n) is 4.21. The zero-order valence-electron chi connectivity index (χ0n) is 11.3. The quantitative estimate of drug-likeness (QED) is 0.345. The summed E-state index contributed by atoms with van der Waals surface area (Å²) in [5, 5.41) is 3.46. The molecule has 0 atom stereocenters. The third kappa shape index (κ3) is 15.5. The molecule has 0 radical (unpaired) electrons. The maximum atomic E-state index is 3.46. The maximum Gasteiger partial charge on any atom is 4.00 e. The second-order valence-corrected chi connectivity index (χ2v) is 4.21. The first kappa shape index (κ1) is 27.7. The zero-order valence-corrected chi connectivity index (χ0v) is 15.1. The molecule has 1 N–H and O–H groups in total. The number of hydrogen-bond acceptors (Lipinski definition) is 3. The summed E-state index contributed by atoms with van der Waals surface area (Å²) in [6.07, 6.45) is 3.70. The van der Waals surface area contributed by atoms with Gasteiger partial charge in [0.1, 0.15) is 0 Å². The number of nitrogens with one attached hydrogen (secondary N) is 1. The third-order valence-corrected chi connectivity index (χ3v) is 2.71. The molecule has 1 rings (SSSR count). The molecule has 1 fully saturated rings. The van der Waals surface area contributed by atoms with Gasteiger partial charge in [0.05, 0.1) is 0 Å². The van der Waals surface area contributed by atoms with Crippen molar-refractivity contribution in [2.45, 2.75) is 19.3 Å². The number of nitrogens with zero attached hydrogens (tertiary/aromatic N) is 2. The van der Waals surface area contributed by atoms with Crippen LogP contribution in [0.2, 0.25) is 0 Å². The number of rotatable bonds is 0. The van der Waals surface area contributed by atoms with Crippen molar-refractivity contribution in [3.05, 3.63) is 6.54 Å². The molecule has 1 heterocycles. The van der Waals surface area contributed by atoms with Crippen LogP contribution >= 0.6 is 0 Å². The predicted octanol–water partition coefficient (Wildman–Crippen LogP) is -8.21. The van der Waals surface area contributed by atoms with Crippen molar-refractivity contribution in [3.8, 4) is 0 Å². The topological polar surface area (TPSA) is 18.5 Å². The number of hydrogen-bond donors (Lipinski definition) is 1. The van der Waals surface area contributed by atoms with Crippen molar-refractivity contribution in [1.29, 1.82) is 0 Å². The second kappa shape index (κ2) is 18.5. The van der Waals surface area contributed by atoms with E-state index in [4.69, 9.17) is 0 Å². The average molecular weight is 353 g/mol. The molecule has 1 saturated heterocycles. The summed E-state index contributed by atoms with van der Waals surface area (Å²) in [6, 6.07) is 0. The Hall–Kier alpha value is 1.46. The summed E-state index contributed by atoms with van der Waals surface area (Å²) in [6.45, 7) is 8.20. The molecular formula is C11H24Cl3N3Ti. The van der Waals surface area contributed by atoms with Crippen molar-refractivity contribution in [1.82, 2.24) is 15.1 Å². The molecule has 1 aliphatic heterocycles. The SMILES string of the molecule is CN1[CH-]CCNCCCN(C)CCC1.[Cl-].[Cl-].[Cl-].[Ti+4]. The smallest absolute Gasteiger partial charge is 1.00 e. The first-order valence-corrected chi connectivity index (χ1v) is 5.72. The van der Waals surface area contributed by atoms with Crippen LogP contribution in [0.4, 0.5) is 0 Å². The van der Waals surface area contributed by atoms with Gasteiger partial charge in [-0.05, 0) is 59.7 Å². The van der Waals surface area contributed by atoms with E-state index in [0.717, 1.165) is 19.5 Å². The van der Waals surface area contributed by atoms with Crippen molar-refractivity contribution in [2.24, 2.45) is 0 Å². The van der Waals surface area contributed by atoms with Crippen molar-refractivity contribution < 1.29 is 58.9 Å². The molecule has 0 aliphatic carbocycles. The molecule has 18 heavy (non-hydrogen) atoms. The van der Waals surface area contributed by atoms with Crippen molar-refractivity contribution in [2.75, 3.05) is 46.8 Å². The summed E-state index contributed by atoms with van der Waals surface area (Å²) in [7, 11) is 4.39. The molecule has 0 bridgehead atoms. The Morgan fingerprint density at radius 2 is 1.50 bits per heavy atom. The summed E-state index contributed by atoms with van der Waals surface area (Å²) in [5.74, 6) is 0. The van der Waals surface area contributed by atoms with E-state index in [9.17, 15) is 0 Å². The van der Waals surface area contributed by atoms with Gasteiger partial charge >= 0.3 is 21.7 Å². The van der Waals surface area contributed by atoms with Gasteiger partial charge in [-0.1, -0.05) is 0 Å². The normalized spacial score (nSPS) is 19.7. The Bertz CT molecular complexity index is 141. The Kier molecular flexibility index (Phi) is 28.5. The molecule has 3 nitrogen and oxygen atoms in total. The van der Waals surface area contributed by atoms with Gasteiger partial charge in [-0.25, -0.2) is 0 Å². The van der Waals surface area contributed by atoms with E-state index in [0.29, 0.717) is 0 Å². The Morgan fingerprint density at radius 1 is 0.889 bits per heavy atom. The van der Waals surface area contributed by atoms with Crippen LogP contribution in [0, 0.1) is 6.54 Å². The fraction of sp³-hybridized carbons (Fsp3) is 0.909. The van der Waals surface area contributed by atoms with Crippen LogP contribution in [0.1, 0.15) is 19.3 Å². The Morgan fingerprint density at radius 3 is 2.17 bits per heavy atom. The van der Waals surface area contributed by atoms with Gasteiger partial charge in [0.2, 0.25) is 0 Å². The molecule has 0 aromatic rings. The van der Waals surface area contributed by atoms with E-state index < -0.39 is 0 Å². The van der Waals surface area contributed by atoms with E-state index >= 15 is 0 Å². The van der Waals surface area contributed by atoms with Crippen LogP contribution < -0.4 is 42.5 Å². The third-order valence-electron chi connectivity index (χ3n) is 2.71. The summed E-state index contributed by atoms with van der Waals surface area (Å²) < 4.78 is 0. The van der Waals surface area contributed by atoms with Crippen molar-refractivity contribution >= 4 is 0 Å². The fourth-order valence-corrected chi connectivity index (χ4v) is 1.78. The van der Waals surface area contributed by atoms with Gasteiger partial charge in [-0.15, -0.1) is 0 Å². The van der Waals surface area contributed by atoms with E-state index in [1.807, 2.05) is 0 Å². The van der Waals surface area contributed by atoms with Gasteiger partial charge in [0.15, 0.2) is 0 Å². The minimum atomic E-state index is 0. The average Bonchev–Trinajstić information content (AvgIpc) is 2.14. The molecular weight excluding hydrogens is 328 g/mol. The van der Waals surface area contributed by atoms with Crippen molar-refractivity contribution in [3.63, 3.8) is 0 Å². The van der Waals surface area contributed by atoms with Crippen LogP contribution in [0.15, 0.2) is 0 Å². The van der Waals surface area contributed by atoms with Gasteiger partial charge < -0.3 is 52.3 Å². The van der Waals surface area contributed by atoms with Gasteiger partial charge in [-0.2, -0.15) is 6.42 Å². The Balaban J connectivity index is -0.000000245. The fourth-order valence-electron chi connectivity index (χ4n) is 1.78. The monoisotopic (exact) mass is 351 g/mol. The molecule has 0 aromatic carbocycles. The van der Waals surface area contributed by atoms with E-state index in [-0.39, 0.29) is 58.9 Å². The standard InChI is InChI=1S/C11H24N3.3ClH.Ti/c1-13-8-3-6-12-7-4-9-14(2)11-5-10-13;;;;/h8,12H,3-7,9-11H2,1-2H3;3*1H;/q-1;;;;+4/p-3. The summed E-state index contributed by atoms with van der Waals surface area (Å²) >= 11 is 0. The van der Waals surface area contributed by atoms with Crippen LogP contribution in [-0.2, 0) is 21.7 Å². The van der Waals surface area contributed by atoms with Gasteiger partial charge in [-0.3, -0.25) is 6.54 Å². The maximum absolute atomic E-state index is 3.46. The van der Waals surface area contributed by atoms with E-state index in [2.05, 4.69) is 35.8 Å². The van der Waals surface area contributed by atoms with E-state index in [1.165, 1.54) is 32.5 Å². The molecule has 0 unspecified atom stereocenters. The predicted molar refractivity (Wildman–Crippen MR) is 61.1 cm³/mol. The van der Waals surface area contributed by atoms with Gasteiger partial charge in [0, 0.05) is 0 Å². The van der Waals surface area contributed by atoms with Crippen LogP contribution in [-0.4, -0.2) is 56.6 Å². The number of halogens is 3. The molecule has 1 aliphatic rings. The molecule has 0 aromatic heterocycles. The molecule has 0 spiro atoms. The van der Waals surface area contributed by atoms with Gasteiger partial charge in [0.25, 0.3) is 0 Å². The van der Waals surface area contributed by atoms with Crippen LogP contribution in [0.5, 0.6) is 0 Å². The summed E-state index contributed by atoms with van der Waals surface area (Å²) in [4.78, 5) is 4.74. The first-order chi connectivity index (χ1) is 6.79. The molecule has 0 saturated carbocycles. The minimum Gasteiger partial charge on any atom is -1.00 e.